The van der Waals surface area contributed by atoms with Gasteiger partial charge in [0.1, 0.15) is 5.71 Å². The summed E-state index contributed by atoms with van der Waals surface area (Å²) in [6.45, 7) is 3.53. The molecule has 0 bridgehead atoms. The smallest absolute Gasteiger partial charge is 0.358 e. The van der Waals surface area contributed by atoms with Crippen LogP contribution in [0.15, 0.2) is 16.4 Å². The minimum atomic E-state index is -0.439. The molecular weight excluding hydrogens is 132 g/mol. The van der Waals surface area contributed by atoms with Crippen LogP contribution >= 0.6 is 0 Å². The Kier molecular flexibility index (Phi) is 1.53. The predicted molar refractivity (Wildman–Crippen MR) is 37.4 cm³/mol. The summed E-state index contributed by atoms with van der Waals surface area (Å²) in [6, 6.07) is 0. The van der Waals surface area contributed by atoms with Crippen molar-refractivity contribution in [2.45, 2.75) is 20.3 Å². The number of rotatable bonds is 1. The minimum absolute atomic E-state index is 0.0255. The van der Waals surface area contributed by atoms with Crippen LogP contribution in [0.5, 0.6) is 0 Å². The molecule has 10 heavy (non-hydrogen) atoms. The van der Waals surface area contributed by atoms with Crippen molar-refractivity contribution in [3.63, 3.8) is 0 Å². The lowest BCUT2D eigenvalue weighted by Crippen LogP contribution is -1.94. The van der Waals surface area contributed by atoms with Gasteiger partial charge in [0.2, 0.25) is 0 Å². The summed E-state index contributed by atoms with van der Waals surface area (Å²) in [5.41, 5.74) is 1.58. The van der Waals surface area contributed by atoms with Crippen molar-refractivity contribution in [1.82, 2.24) is 0 Å². The third kappa shape index (κ3) is 1.05. The van der Waals surface area contributed by atoms with E-state index in [1.165, 1.54) is 0 Å². The first kappa shape index (κ1) is 6.92. The number of aliphatic imine (C=N–C) groups is 1. The van der Waals surface area contributed by atoms with Crippen LogP contribution in [-0.4, -0.2) is 10.6 Å². The summed E-state index contributed by atoms with van der Waals surface area (Å²) in [4.78, 5) is 13.5. The fourth-order valence-electron chi connectivity index (χ4n) is 0.975. The van der Waals surface area contributed by atoms with Crippen molar-refractivity contribution in [1.29, 1.82) is 0 Å². The molecule has 4 heteroatoms. The van der Waals surface area contributed by atoms with E-state index < -0.39 is 4.92 Å². The van der Waals surface area contributed by atoms with E-state index in [1.54, 1.807) is 13.8 Å². The van der Waals surface area contributed by atoms with Crippen LogP contribution in [-0.2, 0) is 0 Å². The lowest BCUT2D eigenvalue weighted by atomic mass is 10.2. The number of nitrogens with zero attached hydrogens (tertiary/aromatic N) is 2. The summed E-state index contributed by atoms with van der Waals surface area (Å²) >= 11 is 0. The Morgan fingerprint density at radius 2 is 2.20 bits per heavy atom. The summed E-state index contributed by atoms with van der Waals surface area (Å²) in [7, 11) is 0. The SMILES string of the molecule is CC1=NC([N+](=O)[O-])=C(C)C1. The van der Waals surface area contributed by atoms with Gasteiger partial charge in [-0.3, -0.25) is 0 Å². The van der Waals surface area contributed by atoms with Gasteiger partial charge in [0.05, 0.1) is 0 Å². The summed E-state index contributed by atoms with van der Waals surface area (Å²) in [5.74, 6) is 0.0255. The molecule has 0 aromatic rings. The maximum atomic E-state index is 10.2. The molecule has 1 rings (SSSR count). The van der Waals surface area contributed by atoms with Gasteiger partial charge in [0, 0.05) is 12.0 Å². The third-order valence-electron chi connectivity index (χ3n) is 1.37. The largest absolute Gasteiger partial charge is 0.362 e. The fraction of sp³-hybridized carbons (Fsp3) is 0.500. The molecule has 0 aliphatic carbocycles. The highest BCUT2D eigenvalue weighted by Crippen LogP contribution is 2.18. The third-order valence-corrected chi connectivity index (χ3v) is 1.37. The first-order valence-corrected chi connectivity index (χ1v) is 2.99. The first-order chi connectivity index (χ1) is 4.61. The van der Waals surface area contributed by atoms with Crippen molar-refractivity contribution >= 4 is 5.71 Å². The minimum Gasteiger partial charge on any atom is -0.358 e. The first-order valence-electron chi connectivity index (χ1n) is 2.99. The van der Waals surface area contributed by atoms with E-state index >= 15 is 0 Å². The molecule has 0 amide bonds. The van der Waals surface area contributed by atoms with E-state index in [9.17, 15) is 10.1 Å². The van der Waals surface area contributed by atoms with Gasteiger partial charge in [0.25, 0.3) is 0 Å². The second-order valence-electron chi connectivity index (χ2n) is 2.38. The second kappa shape index (κ2) is 2.21. The second-order valence-corrected chi connectivity index (χ2v) is 2.38. The standard InChI is InChI=1S/C6H8N2O2/c1-4-3-5(2)7-6(4)8(9)10/h3H2,1-2H3. The Bertz CT molecular complexity index is 240. The van der Waals surface area contributed by atoms with Crippen molar-refractivity contribution in [3.8, 4) is 0 Å². The van der Waals surface area contributed by atoms with Crippen LogP contribution in [0.2, 0.25) is 0 Å². The van der Waals surface area contributed by atoms with Gasteiger partial charge in [-0.05, 0) is 23.8 Å². The topological polar surface area (TPSA) is 55.5 Å². The molecule has 0 atom stereocenters. The maximum Gasteiger partial charge on any atom is 0.362 e. The van der Waals surface area contributed by atoms with Crippen molar-refractivity contribution < 1.29 is 4.92 Å². The lowest BCUT2D eigenvalue weighted by molar-refractivity contribution is -0.426. The molecular formula is C6H8N2O2. The Hall–Kier alpha value is -1.19. The molecule has 54 valence electrons. The van der Waals surface area contributed by atoms with Crippen molar-refractivity contribution in [2.24, 2.45) is 4.99 Å². The summed E-state index contributed by atoms with van der Waals surface area (Å²) in [5, 5.41) is 10.2. The van der Waals surface area contributed by atoms with Crippen molar-refractivity contribution in [2.75, 3.05) is 0 Å². The van der Waals surface area contributed by atoms with Crippen molar-refractivity contribution in [3.05, 3.63) is 21.5 Å². The van der Waals surface area contributed by atoms with E-state index in [0.717, 1.165) is 11.3 Å². The van der Waals surface area contributed by atoms with E-state index in [2.05, 4.69) is 4.99 Å². The highest BCUT2D eigenvalue weighted by molar-refractivity contribution is 5.87. The van der Waals surface area contributed by atoms with Crippen LogP contribution < -0.4 is 0 Å². The highest BCUT2D eigenvalue weighted by atomic mass is 16.6. The number of nitro groups is 1. The van der Waals surface area contributed by atoms with Gasteiger partial charge in [0.15, 0.2) is 0 Å². The molecule has 0 N–H and O–H groups in total. The van der Waals surface area contributed by atoms with Crippen LogP contribution in [0.1, 0.15) is 20.3 Å². The summed E-state index contributed by atoms with van der Waals surface area (Å²) in [6.07, 6.45) is 0.649. The predicted octanol–water partition coefficient (Wildman–Crippen LogP) is 1.36. The zero-order valence-corrected chi connectivity index (χ0v) is 5.92. The molecule has 0 saturated heterocycles. The molecule has 1 aliphatic rings. The quantitative estimate of drug-likeness (QED) is 0.408. The van der Waals surface area contributed by atoms with E-state index in [1.807, 2.05) is 0 Å². The monoisotopic (exact) mass is 140 g/mol. The molecule has 0 radical (unpaired) electrons. The summed E-state index contributed by atoms with van der Waals surface area (Å²) < 4.78 is 0. The molecule has 0 saturated carbocycles. The zero-order valence-electron chi connectivity index (χ0n) is 5.92. The normalized spacial score (nSPS) is 17.6. The van der Waals surface area contributed by atoms with E-state index in [0.29, 0.717) is 6.42 Å². The van der Waals surface area contributed by atoms with Gasteiger partial charge >= 0.3 is 5.82 Å². The molecule has 0 unspecified atom stereocenters. The average molecular weight is 140 g/mol. The lowest BCUT2D eigenvalue weighted by Gasteiger charge is -1.89. The number of hydrogen-bond donors (Lipinski definition) is 0. The fourth-order valence-corrected chi connectivity index (χ4v) is 0.975. The maximum absolute atomic E-state index is 10.2. The van der Waals surface area contributed by atoms with Gasteiger partial charge in [-0.1, -0.05) is 0 Å². The molecule has 1 heterocycles. The van der Waals surface area contributed by atoms with Crippen LogP contribution in [0, 0.1) is 10.1 Å². The molecule has 1 aliphatic heterocycles. The molecule has 0 spiro atoms. The van der Waals surface area contributed by atoms with Gasteiger partial charge in [-0.15, -0.1) is 0 Å². The molecule has 4 nitrogen and oxygen atoms in total. The van der Waals surface area contributed by atoms with E-state index in [4.69, 9.17) is 0 Å². The zero-order chi connectivity index (χ0) is 7.72. The number of hydrogen-bond acceptors (Lipinski definition) is 3. The van der Waals surface area contributed by atoms with Crippen LogP contribution in [0.4, 0.5) is 0 Å². The highest BCUT2D eigenvalue weighted by Gasteiger charge is 2.22. The van der Waals surface area contributed by atoms with Crippen LogP contribution in [0.25, 0.3) is 0 Å². The van der Waals surface area contributed by atoms with Gasteiger partial charge in [-0.2, -0.15) is 0 Å². The van der Waals surface area contributed by atoms with Gasteiger partial charge in [-0.25, -0.2) is 0 Å². The Morgan fingerprint density at radius 3 is 2.40 bits per heavy atom. The number of allylic oxidation sites excluding steroid dienone is 1. The molecule has 0 aromatic heterocycles. The Balaban J connectivity index is 2.93. The molecule has 0 aromatic carbocycles. The van der Waals surface area contributed by atoms with E-state index in [-0.39, 0.29) is 5.82 Å². The molecule has 0 fully saturated rings. The van der Waals surface area contributed by atoms with Crippen LogP contribution in [0.3, 0.4) is 0 Å². The Morgan fingerprint density at radius 1 is 1.60 bits per heavy atom. The average Bonchev–Trinajstić information content (AvgIpc) is 2.10. The Labute approximate surface area is 58.4 Å². The van der Waals surface area contributed by atoms with Gasteiger partial charge < -0.3 is 10.1 Å².